The summed E-state index contributed by atoms with van der Waals surface area (Å²) < 4.78 is 10.6. The van der Waals surface area contributed by atoms with Gasteiger partial charge in [-0.1, -0.05) is 12.1 Å². The number of ether oxygens (including phenoxy) is 2. The summed E-state index contributed by atoms with van der Waals surface area (Å²) in [7, 11) is 1.68. The minimum absolute atomic E-state index is 0.0590. The Morgan fingerprint density at radius 2 is 2.00 bits per heavy atom. The Labute approximate surface area is 148 Å². The van der Waals surface area contributed by atoms with Crippen LogP contribution < -0.4 is 15.4 Å². The number of anilines is 2. The SMILES string of the molecule is COc1cccc(CCNc2ccc(NC(=O)C3CCCO3)cc2)c1. The first-order valence-corrected chi connectivity index (χ1v) is 8.64. The van der Waals surface area contributed by atoms with Crippen molar-refractivity contribution in [2.45, 2.75) is 25.4 Å². The number of benzene rings is 2. The van der Waals surface area contributed by atoms with E-state index in [-0.39, 0.29) is 12.0 Å². The Kier molecular flexibility index (Phi) is 5.90. The normalized spacial score (nSPS) is 16.4. The van der Waals surface area contributed by atoms with Crippen molar-refractivity contribution in [3.63, 3.8) is 0 Å². The lowest BCUT2D eigenvalue weighted by Crippen LogP contribution is -2.26. The molecule has 3 rings (SSSR count). The molecule has 2 aromatic carbocycles. The van der Waals surface area contributed by atoms with Gasteiger partial charge in [-0.05, 0) is 61.2 Å². The molecular weight excluding hydrogens is 316 g/mol. The Bertz CT molecular complexity index is 694. The molecule has 1 aliphatic heterocycles. The Morgan fingerprint density at radius 1 is 1.20 bits per heavy atom. The molecule has 5 heteroatoms. The summed E-state index contributed by atoms with van der Waals surface area (Å²) in [6.07, 6.45) is 2.36. The molecule has 0 aliphatic carbocycles. The fraction of sp³-hybridized carbons (Fsp3) is 0.350. The van der Waals surface area contributed by atoms with Gasteiger partial charge in [0.15, 0.2) is 0 Å². The van der Waals surface area contributed by atoms with Crippen LogP contribution in [0.25, 0.3) is 0 Å². The molecule has 25 heavy (non-hydrogen) atoms. The lowest BCUT2D eigenvalue weighted by Gasteiger charge is -2.11. The van der Waals surface area contributed by atoms with Gasteiger partial charge >= 0.3 is 0 Å². The molecule has 1 unspecified atom stereocenters. The molecule has 0 aromatic heterocycles. The summed E-state index contributed by atoms with van der Waals surface area (Å²) in [5, 5.41) is 6.29. The minimum Gasteiger partial charge on any atom is -0.497 e. The zero-order valence-electron chi connectivity index (χ0n) is 14.5. The molecule has 1 fully saturated rings. The summed E-state index contributed by atoms with van der Waals surface area (Å²) >= 11 is 0. The molecular formula is C20H24N2O3. The van der Waals surface area contributed by atoms with E-state index in [1.165, 1.54) is 5.56 Å². The van der Waals surface area contributed by atoms with Crippen molar-refractivity contribution in [1.29, 1.82) is 0 Å². The smallest absolute Gasteiger partial charge is 0.253 e. The molecule has 1 heterocycles. The Morgan fingerprint density at radius 3 is 2.72 bits per heavy atom. The first-order valence-electron chi connectivity index (χ1n) is 8.64. The maximum Gasteiger partial charge on any atom is 0.253 e. The van der Waals surface area contributed by atoms with Crippen LogP contribution in [0.1, 0.15) is 18.4 Å². The van der Waals surface area contributed by atoms with Gasteiger partial charge in [-0.15, -0.1) is 0 Å². The molecule has 2 N–H and O–H groups in total. The van der Waals surface area contributed by atoms with Crippen LogP contribution in [0.15, 0.2) is 48.5 Å². The lowest BCUT2D eigenvalue weighted by molar-refractivity contribution is -0.124. The van der Waals surface area contributed by atoms with Crippen LogP contribution in [0.2, 0.25) is 0 Å². The summed E-state index contributed by atoms with van der Waals surface area (Å²) in [5.41, 5.74) is 3.05. The third kappa shape index (κ3) is 4.97. The monoisotopic (exact) mass is 340 g/mol. The van der Waals surface area contributed by atoms with Gasteiger partial charge in [-0.3, -0.25) is 4.79 Å². The number of carbonyl (C=O) groups is 1. The number of nitrogens with one attached hydrogen (secondary N) is 2. The molecule has 1 saturated heterocycles. The second-order valence-corrected chi connectivity index (χ2v) is 6.10. The highest BCUT2D eigenvalue weighted by atomic mass is 16.5. The van der Waals surface area contributed by atoms with E-state index in [1.807, 2.05) is 42.5 Å². The maximum atomic E-state index is 12.0. The van der Waals surface area contributed by atoms with E-state index in [0.29, 0.717) is 6.61 Å². The fourth-order valence-corrected chi connectivity index (χ4v) is 2.86. The highest BCUT2D eigenvalue weighted by Gasteiger charge is 2.23. The molecule has 5 nitrogen and oxygen atoms in total. The third-order valence-electron chi connectivity index (χ3n) is 4.25. The minimum atomic E-state index is -0.305. The number of rotatable bonds is 7. The van der Waals surface area contributed by atoms with Gasteiger partial charge in [-0.2, -0.15) is 0 Å². The van der Waals surface area contributed by atoms with Crippen LogP contribution in [0.3, 0.4) is 0 Å². The van der Waals surface area contributed by atoms with Crippen molar-refractivity contribution >= 4 is 17.3 Å². The van der Waals surface area contributed by atoms with Crippen molar-refractivity contribution in [3.8, 4) is 5.75 Å². The van der Waals surface area contributed by atoms with Crippen molar-refractivity contribution in [2.75, 3.05) is 30.9 Å². The predicted molar refractivity (Wildman–Crippen MR) is 99.2 cm³/mol. The first kappa shape index (κ1) is 17.3. The molecule has 0 spiro atoms. The molecule has 0 bridgehead atoms. The number of amides is 1. The van der Waals surface area contributed by atoms with Crippen LogP contribution in [-0.2, 0) is 16.0 Å². The summed E-state index contributed by atoms with van der Waals surface area (Å²) in [6.45, 7) is 1.50. The Hall–Kier alpha value is -2.53. The van der Waals surface area contributed by atoms with Crippen molar-refractivity contribution in [2.24, 2.45) is 0 Å². The van der Waals surface area contributed by atoms with Crippen molar-refractivity contribution in [1.82, 2.24) is 0 Å². The first-order chi connectivity index (χ1) is 12.2. The molecule has 0 radical (unpaired) electrons. The average Bonchev–Trinajstić information content (AvgIpc) is 3.18. The fourth-order valence-electron chi connectivity index (χ4n) is 2.86. The van der Waals surface area contributed by atoms with Crippen molar-refractivity contribution < 1.29 is 14.3 Å². The molecule has 0 saturated carbocycles. The highest BCUT2D eigenvalue weighted by Crippen LogP contribution is 2.18. The van der Waals surface area contributed by atoms with Gasteiger partial charge < -0.3 is 20.1 Å². The highest BCUT2D eigenvalue weighted by molar-refractivity contribution is 5.94. The summed E-state index contributed by atoms with van der Waals surface area (Å²) in [4.78, 5) is 12.0. The van der Waals surface area contributed by atoms with Crippen molar-refractivity contribution in [3.05, 3.63) is 54.1 Å². The number of carbonyl (C=O) groups excluding carboxylic acids is 1. The maximum absolute atomic E-state index is 12.0. The van der Waals surface area contributed by atoms with Gasteiger partial charge in [0.05, 0.1) is 7.11 Å². The molecule has 132 valence electrons. The van der Waals surface area contributed by atoms with E-state index in [4.69, 9.17) is 9.47 Å². The standard InChI is InChI=1S/C20H24N2O3/c1-24-18-5-2-4-15(14-18)11-12-21-16-7-9-17(10-8-16)22-20(23)19-6-3-13-25-19/h2,4-5,7-10,14,19,21H,3,6,11-13H2,1H3,(H,22,23). The van der Waals surface area contributed by atoms with Crippen LogP contribution in [0, 0.1) is 0 Å². The summed E-state index contributed by atoms with van der Waals surface area (Å²) in [5.74, 6) is 0.820. The second-order valence-electron chi connectivity index (χ2n) is 6.10. The van der Waals surface area contributed by atoms with E-state index >= 15 is 0 Å². The quantitative estimate of drug-likeness (QED) is 0.810. The Balaban J connectivity index is 1.46. The summed E-state index contributed by atoms with van der Waals surface area (Å²) in [6, 6.07) is 15.8. The topological polar surface area (TPSA) is 59.6 Å². The van der Waals surface area contributed by atoms with E-state index < -0.39 is 0 Å². The molecule has 1 amide bonds. The van der Waals surface area contributed by atoms with Gasteiger partial charge in [0, 0.05) is 24.5 Å². The van der Waals surface area contributed by atoms with Gasteiger partial charge in [0.25, 0.3) is 5.91 Å². The molecule has 1 aliphatic rings. The lowest BCUT2D eigenvalue weighted by atomic mass is 10.1. The van der Waals surface area contributed by atoms with E-state index in [0.717, 1.165) is 42.9 Å². The zero-order chi connectivity index (χ0) is 17.5. The number of hydrogen-bond acceptors (Lipinski definition) is 4. The van der Waals surface area contributed by atoms with E-state index in [9.17, 15) is 4.79 Å². The van der Waals surface area contributed by atoms with Gasteiger partial charge in [-0.25, -0.2) is 0 Å². The number of methoxy groups -OCH3 is 1. The average molecular weight is 340 g/mol. The molecule has 2 aromatic rings. The molecule has 1 atom stereocenters. The van der Waals surface area contributed by atoms with Crippen LogP contribution in [0.5, 0.6) is 5.75 Å². The van der Waals surface area contributed by atoms with Crippen LogP contribution >= 0.6 is 0 Å². The van der Waals surface area contributed by atoms with Gasteiger partial charge in [0.2, 0.25) is 0 Å². The van der Waals surface area contributed by atoms with Crippen LogP contribution in [0.4, 0.5) is 11.4 Å². The second kappa shape index (κ2) is 8.53. The van der Waals surface area contributed by atoms with E-state index in [2.05, 4.69) is 16.7 Å². The van der Waals surface area contributed by atoms with Crippen LogP contribution in [-0.4, -0.2) is 32.3 Å². The van der Waals surface area contributed by atoms with Gasteiger partial charge in [0.1, 0.15) is 11.9 Å². The van der Waals surface area contributed by atoms with E-state index in [1.54, 1.807) is 7.11 Å². The third-order valence-corrected chi connectivity index (χ3v) is 4.25. The zero-order valence-corrected chi connectivity index (χ0v) is 14.5. The number of hydrogen-bond donors (Lipinski definition) is 2. The predicted octanol–water partition coefficient (Wildman–Crippen LogP) is 3.47. The largest absolute Gasteiger partial charge is 0.497 e.